The largest absolute Gasteiger partial charge is 0.385 e. The van der Waals surface area contributed by atoms with Crippen molar-refractivity contribution in [1.82, 2.24) is 14.8 Å². The second-order valence-corrected chi connectivity index (χ2v) is 4.31. The number of nitrogens with one attached hydrogen (secondary N) is 1. The van der Waals surface area contributed by atoms with Gasteiger partial charge in [-0.15, -0.1) is 0 Å². The van der Waals surface area contributed by atoms with Crippen LogP contribution >= 0.6 is 0 Å². The summed E-state index contributed by atoms with van der Waals surface area (Å²) in [6, 6.07) is 8.30. The third-order valence-electron chi connectivity index (χ3n) is 3.21. The Bertz CT molecular complexity index is 526. The lowest BCUT2D eigenvalue weighted by molar-refractivity contribution is 0.656. The SMILES string of the molecule is Cn1nc(C2CCNc3ccccc32)nc1N. The Hall–Kier alpha value is -2.04. The Morgan fingerprint density at radius 2 is 2.24 bits per heavy atom. The maximum absolute atomic E-state index is 5.74. The van der Waals surface area contributed by atoms with Crippen molar-refractivity contribution in [2.45, 2.75) is 12.3 Å². The molecule has 0 bridgehead atoms. The number of hydrogen-bond acceptors (Lipinski definition) is 4. The van der Waals surface area contributed by atoms with Crippen LogP contribution in [0.5, 0.6) is 0 Å². The lowest BCUT2D eigenvalue weighted by atomic mass is 9.90. The van der Waals surface area contributed by atoms with E-state index in [0.717, 1.165) is 18.8 Å². The van der Waals surface area contributed by atoms with Gasteiger partial charge in [0.05, 0.1) is 0 Å². The number of fused-ring (bicyclic) bond motifs is 1. The van der Waals surface area contributed by atoms with E-state index in [9.17, 15) is 0 Å². The summed E-state index contributed by atoms with van der Waals surface area (Å²) in [6.07, 6.45) is 1.00. The molecule has 3 N–H and O–H groups in total. The van der Waals surface area contributed by atoms with Crippen molar-refractivity contribution in [2.75, 3.05) is 17.6 Å². The lowest BCUT2D eigenvalue weighted by Gasteiger charge is -2.24. The molecule has 5 heteroatoms. The van der Waals surface area contributed by atoms with E-state index in [4.69, 9.17) is 5.73 Å². The fourth-order valence-corrected chi connectivity index (χ4v) is 2.30. The molecular formula is C12H15N5. The second-order valence-electron chi connectivity index (χ2n) is 4.31. The van der Waals surface area contributed by atoms with Crippen molar-refractivity contribution >= 4 is 11.6 Å². The summed E-state index contributed by atoms with van der Waals surface area (Å²) in [7, 11) is 1.82. The summed E-state index contributed by atoms with van der Waals surface area (Å²) in [5, 5.41) is 7.78. The minimum atomic E-state index is 0.246. The van der Waals surface area contributed by atoms with Gasteiger partial charge in [-0.25, -0.2) is 4.68 Å². The quantitative estimate of drug-likeness (QED) is 0.774. The zero-order chi connectivity index (χ0) is 11.8. The monoisotopic (exact) mass is 229 g/mol. The molecule has 17 heavy (non-hydrogen) atoms. The molecule has 2 aromatic rings. The van der Waals surface area contributed by atoms with E-state index in [1.807, 2.05) is 19.2 Å². The molecule has 0 saturated heterocycles. The first-order valence-corrected chi connectivity index (χ1v) is 5.75. The van der Waals surface area contributed by atoms with Crippen molar-refractivity contribution in [2.24, 2.45) is 7.05 Å². The number of hydrogen-bond donors (Lipinski definition) is 2. The first kappa shape index (κ1) is 10.1. The van der Waals surface area contributed by atoms with Gasteiger partial charge in [0.2, 0.25) is 5.95 Å². The van der Waals surface area contributed by atoms with Crippen molar-refractivity contribution in [1.29, 1.82) is 0 Å². The normalized spacial score (nSPS) is 18.5. The first-order chi connectivity index (χ1) is 8.25. The van der Waals surface area contributed by atoms with Crippen LogP contribution in [0.2, 0.25) is 0 Å². The number of anilines is 2. The predicted octanol–water partition coefficient (Wildman–Crippen LogP) is 1.34. The van der Waals surface area contributed by atoms with Crippen LogP contribution in [0.4, 0.5) is 11.6 Å². The molecule has 1 unspecified atom stereocenters. The van der Waals surface area contributed by atoms with Crippen LogP contribution in [0.25, 0.3) is 0 Å². The zero-order valence-electron chi connectivity index (χ0n) is 9.72. The Kier molecular flexibility index (Phi) is 2.24. The van der Waals surface area contributed by atoms with Gasteiger partial charge in [0.15, 0.2) is 5.82 Å². The minimum Gasteiger partial charge on any atom is -0.385 e. The summed E-state index contributed by atoms with van der Waals surface area (Å²) < 4.78 is 1.62. The molecular weight excluding hydrogens is 214 g/mol. The van der Waals surface area contributed by atoms with Crippen molar-refractivity contribution < 1.29 is 0 Å². The highest BCUT2D eigenvalue weighted by molar-refractivity contribution is 5.56. The molecule has 1 aliphatic rings. The number of para-hydroxylation sites is 1. The van der Waals surface area contributed by atoms with Crippen LogP contribution in [-0.4, -0.2) is 21.3 Å². The number of benzene rings is 1. The van der Waals surface area contributed by atoms with E-state index in [1.54, 1.807) is 4.68 Å². The van der Waals surface area contributed by atoms with Crippen molar-refractivity contribution in [3.63, 3.8) is 0 Å². The highest BCUT2D eigenvalue weighted by Crippen LogP contribution is 2.34. The van der Waals surface area contributed by atoms with E-state index in [0.29, 0.717) is 5.95 Å². The van der Waals surface area contributed by atoms with Crippen molar-refractivity contribution in [3.05, 3.63) is 35.7 Å². The van der Waals surface area contributed by atoms with E-state index < -0.39 is 0 Å². The molecule has 1 aromatic heterocycles. The Morgan fingerprint density at radius 3 is 3.00 bits per heavy atom. The van der Waals surface area contributed by atoms with Crippen LogP contribution < -0.4 is 11.1 Å². The standard InChI is InChI=1S/C12H15N5/c1-17-12(13)15-11(16-17)9-6-7-14-10-5-3-2-4-8(9)10/h2-5,9,14H,6-7H2,1H3,(H2,13,15,16). The molecule has 0 spiro atoms. The summed E-state index contributed by atoms with van der Waals surface area (Å²) in [4.78, 5) is 4.33. The maximum atomic E-state index is 5.74. The number of nitrogens with zero attached hydrogens (tertiary/aromatic N) is 3. The van der Waals surface area contributed by atoms with Crippen LogP contribution in [0, 0.1) is 0 Å². The van der Waals surface area contributed by atoms with Crippen LogP contribution in [0.1, 0.15) is 23.7 Å². The highest BCUT2D eigenvalue weighted by atomic mass is 15.4. The average Bonchev–Trinajstić information content (AvgIpc) is 2.69. The van der Waals surface area contributed by atoms with Gasteiger partial charge in [-0.05, 0) is 18.1 Å². The highest BCUT2D eigenvalue weighted by Gasteiger charge is 2.24. The number of nitrogen functional groups attached to an aromatic ring is 1. The number of aryl methyl sites for hydroxylation is 1. The molecule has 0 fully saturated rings. The lowest BCUT2D eigenvalue weighted by Crippen LogP contribution is -2.18. The molecule has 2 heterocycles. The summed E-state index contributed by atoms with van der Waals surface area (Å²) in [6.45, 7) is 0.944. The second kappa shape index (κ2) is 3.76. The van der Waals surface area contributed by atoms with E-state index in [1.165, 1.54) is 11.3 Å². The minimum absolute atomic E-state index is 0.246. The Labute approximate surface area is 99.7 Å². The van der Waals surface area contributed by atoms with Gasteiger partial charge in [-0.1, -0.05) is 18.2 Å². The topological polar surface area (TPSA) is 68.8 Å². The smallest absolute Gasteiger partial charge is 0.218 e. The number of rotatable bonds is 1. The predicted molar refractivity (Wildman–Crippen MR) is 66.8 cm³/mol. The Balaban J connectivity index is 2.05. The Morgan fingerprint density at radius 1 is 1.41 bits per heavy atom. The fourth-order valence-electron chi connectivity index (χ4n) is 2.30. The molecule has 0 aliphatic carbocycles. The molecule has 0 saturated carbocycles. The van der Waals surface area contributed by atoms with Gasteiger partial charge in [0.25, 0.3) is 0 Å². The van der Waals surface area contributed by atoms with Gasteiger partial charge in [-0.3, -0.25) is 0 Å². The third kappa shape index (κ3) is 1.63. The van der Waals surface area contributed by atoms with Crippen LogP contribution in [0.3, 0.4) is 0 Å². The molecule has 3 rings (SSSR count). The molecule has 5 nitrogen and oxygen atoms in total. The molecule has 1 aliphatic heterocycles. The first-order valence-electron chi connectivity index (χ1n) is 5.75. The van der Waals surface area contributed by atoms with Gasteiger partial charge < -0.3 is 11.1 Å². The van der Waals surface area contributed by atoms with Gasteiger partial charge in [0, 0.05) is 25.2 Å². The van der Waals surface area contributed by atoms with E-state index in [2.05, 4.69) is 27.5 Å². The van der Waals surface area contributed by atoms with Gasteiger partial charge in [0.1, 0.15) is 0 Å². The molecule has 88 valence electrons. The van der Waals surface area contributed by atoms with Gasteiger partial charge >= 0.3 is 0 Å². The van der Waals surface area contributed by atoms with Crippen LogP contribution in [0.15, 0.2) is 24.3 Å². The number of aromatic nitrogens is 3. The van der Waals surface area contributed by atoms with Crippen LogP contribution in [-0.2, 0) is 7.05 Å². The molecule has 0 radical (unpaired) electrons. The number of nitrogens with two attached hydrogens (primary N) is 1. The summed E-state index contributed by atoms with van der Waals surface area (Å²) in [5.74, 6) is 1.53. The third-order valence-corrected chi connectivity index (χ3v) is 3.21. The van der Waals surface area contributed by atoms with Crippen molar-refractivity contribution in [3.8, 4) is 0 Å². The maximum Gasteiger partial charge on any atom is 0.218 e. The fraction of sp³-hybridized carbons (Fsp3) is 0.333. The zero-order valence-corrected chi connectivity index (χ0v) is 9.72. The summed E-state index contributed by atoms with van der Waals surface area (Å²) >= 11 is 0. The summed E-state index contributed by atoms with van der Waals surface area (Å²) in [5.41, 5.74) is 8.17. The molecule has 1 aromatic carbocycles. The van der Waals surface area contributed by atoms with E-state index >= 15 is 0 Å². The van der Waals surface area contributed by atoms with Gasteiger partial charge in [-0.2, -0.15) is 10.1 Å². The molecule has 1 atom stereocenters. The average molecular weight is 229 g/mol. The molecule has 0 amide bonds. The van der Waals surface area contributed by atoms with E-state index in [-0.39, 0.29) is 5.92 Å².